The summed E-state index contributed by atoms with van der Waals surface area (Å²) in [6.45, 7) is 8.56. The molecule has 3 aliphatic rings. The van der Waals surface area contributed by atoms with Gasteiger partial charge in [-0.3, -0.25) is 14.6 Å². The maximum absolute atomic E-state index is 13.2. The fourth-order valence-electron chi connectivity index (χ4n) is 4.26. The number of morpholine rings is 1. The van der Waals surface area contributed by atoms with Crippen molar-refractivity contribution in [3.8, 4) is 11.5 Å². The lowest BCUT2D eigenvalue weighted by Gasteiger charge is -2.33. The van der Waals surface area contributed by atoms with Gasteiger partial charge in [-0.2, -0.15) is 0 Å². The zero-order valence-electron chi connectivity index (χ0n) is 17.5. The molecule has 0 unspecified atom stereocenters. The standard InChI is InChI=1S/C24H25FN2O4/c1-16-23-18(14-27(15-30-23)7-6-26-8-10-29-11-9-26)13-20-22(28)21(31-24(16)20)12-17-2-4-19(25)5-3-17/h2-5,12-13H,6-11,14-15H2,1H3/b21-12+. The smallest absolute Gasteiger partial charge is 0.231 e. The number of hydrogen-bond donors (Lipinski definition) is 0. The van der Waals surface area contributed by atoms with Crippen LogP contribution in [0.5, 0.6) is 11.5 Å². The number of carbonyl (C=O) groups excluding carboxylic acids is 1. The minimum atomic E-state index is -0.317. The third-order valence-corrected chi connectivity index (χ3v) is 6.01. The van der Waals surface area contributed by atoms with E-state index in [0.717, 1.165) is 62.8 Å². The van der Waals surface area contributed by atoms with Crippen molar-refractivity contribution in [2.45, 2.75) is 13.5 Å². The first-order valence-corrected chi connectivity index (χ1v) is 10.6. The number of benzene rings is 2. The molecule has 1 saturated heterocycles. The first-order valence-electron chi connectivity index (χ1n) is 10.6. The number of carbonyl (C=O) groups is 1. The Morgan fingerprint density at radius 3 is 2.58 bits per heavy atom. The zero-order chi connectivity index (χ0) is 21.4. The molecule has 2 aromatic carbocycles. The van der Waals surface area contributed by atoms with Crippen LogP contribution in [0.2, 0.25) is 0 Å². The Morgan fingerprint density at radius 2 is 1.81 bits per heavy atom. The van der Waals surface area contributed by atoms with Crippen molar-refractivity contribution < 1.29 is 23.4 Å². The third-order valence-electron chi connectivity index (χ3n) is 6.01. The minimum Gasteiger partial charge on any atom is -0.477 e. The second-order valence-corrected chi connectivity index (χ2v) is 8.14. The van der Waals surface area contributed by atoms with Gasteiger partial charge in [-0.15, -0.1) is 0 Å². The molecule has 162 valence electrons. The van der Waals surface area contributed by atoms with E-state index in [0.29, 0.717) is 23.6 Å². The number of Topliss-reactive ketones (excluding diaryl/α,β-unsaturated/α-hetero) is 1. The van der Waals surface area contributed by atoms with E-state index in [1.54, 1.807) is 18.2 Å². The lowest BCUT2D eigenvalue weighted by molar-refractivity contribution is 0.0239. The van der Waals surface area contributed by atoms with Crippen LogP contribution in [0, 0.1) is 12.7 Å². The number of nitrogens with zero attached hydrogens (tertiary/aromatic N) is 2. The summed E-state index contributed by atoms with van der Waals surface area (Å²) >= 11 is 0. The Morgan fingerprint density at radius 1 is 1.06 bits per heavy atom. The number of rotatable bonds is 4. The lowest BCUT2D eigenvalue weighted by atomic mass is 10.00. The van der Waals surface area contributed by atoms with Crippen molar-refractivity contribution in [2.75, 3.05) is 46.1 Å². The van der Waals surface area contributed by atoms with E-state index in [1.807, 2.05) is 13.0 Å². The molecule has 2 aromatic rings. The SMILES string of the molecule is Cc1c2c(cc3c1O/C(=C/c1ccc(F)cc1)C3=O)CN(CCN1CCOCC1)CO2. The normalized spacial score (nSPS) is 20.3. The lowest BCUT2D eigenvalue weighted by Crippen LogP contribution is -2.43. The molecule has 5 rings (SSSR count). The fraction of sp³-hybridized carbons (Fsp3) is 0.375. The number of ether oxygens (including phenoxy) is 3. The Kier molecular flexibility index (Phi) is 5.48. The van der Waals surface area contributed by atoms with Crippen LogP contribution >= 0.6 is 0 Å². The van der Waals surface area contributed by atoms with E-state index in [1.165, 1.54) is 12.1 Å². The van der Waals surface area contributed by atoms with Gasteiger partial charge in [0, 0.05) is 43.9 Å². The molecular weight excluding hydrogens is 399 g/mol. The van der Waals surface area contributed by atoms with Crippen molar-refractivity contribution in [1.82, 2.24) is 9.80 Å². The van der Waals surface area contributed by atoms with Gasteiger partial charge in [0.15, 0.2) is 5.76 Å². The molecule has 0 aliphatic carbocycles. The Labute approximate surface area is 180 Å². The molecule has 3 aliphatic heterocycles. The van der Waals surface area contributed by atoms with Gasteiger partial charge in [-0.1, -0.05) is 12.1 Å². The molecule has 0 spiro atoms. The summed E-state index contributed by atoms with van der Waals surface area (Å²) in [5, 5.41) is 0. The van der Waals surface area contributed by atoms with Crippen LogP contribution in [0.25, 0.3) is 6.08 Å². The van der Waals surface area contributed by atoms with Crippen molar-refractivity contribution in [2.24, 2.45) is 0 Å². The molecule has 6 nitrogen and oxygen atoms in total. The van der Waals surface area contributed by atoms with Crippen LogP contribution in [0.3, 0.4) is 0 Å². The van der Waals surface area contributed by atoms with E-state index >= 15 is 0 Å². The van der Waals surface area contributed by atoms with Gasteiger partial charge in [0.25, 0.3) is 0 Å². The van der Waals surface area contributed by atoms with Gasteiger partial charge < -0.3 is 14.2 Å². The highest BCUT2D eigenvalue weighted by molar-refractivity contribution is 6.15. The second kappa shape index (κ2) is 8.42. The van der Waals surface area contributed by atoms with E-state index < -0.39 is 0 Å². The average molecular weight is 424 g/mol. The minimum absolute atomic E-state index is 0.157. The number of ketones is 1. The molecule has 31 heavy (non-hydrogen) atoms. The molecule has 0 radical (unpaired) electrons. The van der Waals surface area contributed by atoms with E-state index in [9.17, 15) is 9.18 Å². The van der Waals surface area contributed by atoms with Crippen molar-refractivity contribution in [1.29, 1.82) is 0 Å². The number of halogens is 1. The third kappa shape index (κ3) is 4.08. The molecule has 0 saturated carbocycles. The van der Waals surface area contributed by atoms with Crippen LogP contribution in [0.15, 0.2) is 36.1 Å². The first-order chi connectivity index (χ1) is 15.1. The van der Waals surface area contributed by atoms with Gasteiger partial charge in [-0.05, 0) is 36.8 Å². The summed E-state index contributed by atoms with van der Waals surface area (Å²) < 4.78 is 30.5. The van der Waals surface area contributed by atoms with Gasteiger partial charge >= 0.3 is 0 Å². The van der Waals surface area contributed by atoms with Crippen molar-refractivity contribution in [3.63, 3.8) is 0 Å². The van der Waals surface area contributed by atoms with Crippen molar-refractivity contribution >= 4 is 11.9 Å². The quantitative estimate of drug-likeness (QED) is 0.703. The van der Waals surface area contributed by atoms with Gasteiger partial charge in [-0.25, -0.2) is 4.39 Å². The number of hydrogen-bond acceptors (Lipinski definition) is 6. The van der Waals surface area contributed by atoms with Gasteiger partial charge in [0.05, 0.1) is 18.8 Å². The maximum Gasteiger partial charge on any atom is 0.231 e. The molecule has 0 bridgehead atoms. The van der Waals surface area contributed by atoms with Crippen LogP contribution in [-0.2, 0) is 11.3 Å². The van der Waals surface area contributed by atoms with Crippen LogP contribution in [0.4, 0.5) is 4.39 Å². The largest absolute Gasteiger partial charge is 0.477 e. The highest BCUT2D eigenvalue weighted by atomic mass is 19.1. The van der Waals surface area contributed by atoms with Crippen LogP contribution in [0.1, 0.15) is 27.0 Å². The summed E-state index contributed by atoms with van der Waals surface area (Å²) in [6, 6.07) is 7.86. The summed E-state index contributed by atoms with van der Waals surface area (Å²) in [5.41, 5.74) is 3.12. The molecule has 3 heterocycles. The first kappa shape index (κ1) is 20.2. The van der Waals surface area contributed by atoms with Gasteiger partial charge in [0.2, 0.25) is 5.78 Å². The molecule has 0 N–H and O–H groups in total. The second-order valence-electron chi connectivity index (χ2n) is 8.14. The molecular formula is C24H25FN2O4. The Balaban J connectivity index is 1.33. The predicted octanol–water partition coefficient (Wildman–Crippen LogP) is 3.23. The predicted molar refractivity (Wildman–Crippen MR) is 114 cm³/mol. The van der Waals surface area contributed by atoms with E-state index in [4.69, 9.17) is 14.2 Å². The molecule has 7 heteroatoms. The maximum atomic E-state index is 13.2. The average Bonchev–Trinajstić information content (AvgIpc) is 3.10. The van der Waals surface area contributed by atoms with E-state index in [2.05, 4.69) is 9.80 Å². The summed E-state index contributed by atoms with van der Waals surface area (Å²) in [4.78, 5) is 17.6. The molecule has 0 atom stereocenters. The Hall–Kier alpha value is -2.74. The van der Waals surface area contributed by atoms with Crippen LogP contribution in [-0.4, -0.2) is 61.7 Å². The topological polar surface area (TPSA) is 51.2 Å². The number of allylic oxidation sites excluding steroid dienone is 1. The molecule has 1 fully saturated rings. The monoisotopic (exact) mass is 424 g/mol. The fourth-order valence-corrected chi connectivity index (χ4v) is 4.26. The summed E-state index contributed by atoms with van der Waals surface area (Å²) in [6.07, 6.45) is 1.65. The zero-order valence-corrected chi connectivity index (χ0v) is 17.5. The summed E-state index contributed by atoms with van der Waals surface area (Å²) in [5.74, 6) is 1.13. The number of fused-ring (bicyclic) bond motifs is 2. The summed E-state index contributed by atoms with van der Waals surface area (Å²) in [7, 11) is 0. The van der Waals surface area contributed by atoms with Crippen LogP contribution < -0.4 is 9.47 Å². The highest BCUT2D eigenvalue weighted by Gasteiger charge is 2.33. The van der Waals surface area contributed by atoms with E-state index in [-0.39, 0.29) is 17.4 Å². The Bertz CT molecular complexity index is 1030. The highest BCUT2D eigenvalue weighted by Crippen LogP contribution is 2.43. The van der Waals surface area contributed by atoms with Gasteiger partial charge in [0.1, 0.15) is 24.0 Å². The molecule has 0 aromatic heterocycles. The molecule has 0 amide bonds. The van der Waals surface area contributed by atoms with Crippen molar-refractivity contribution in [3.05, 3.63) is 64.2 Å².